The number of amides is 1. The summed E-state index contributed by atoms with van der Waals surface area (Å²) >= 11 is 1.24. The van der Waals surface area contributed by atoms with Crippen molar-refractivity contribution in [1.82, 2.24) is 9.38 Å². The van der Waals surface area contributed by atoms with E-state index in [0.29, 0.717) is 4.88 Å². The van der Waals surface area contributed by atoms with Gasteiger partial charge in [-0.1, -0.05) is 29.5 Å². The van der Waals surface area contributed by atoms with Crippen LogP contribution in [0.1, 0.15) is 22.2 Å². The minimum atomic E-state index is -0.501. The molecule has 0 saturated carbocycles. The third-order valence-corrected chi connectivity index (χ3v) is 5.09. The number of esters is 1. The molecule has 4 rings (SSSR count). The van der Waals surface area contributed by atoms with Crippen molar-refractivity contribution >= 4 is 33.9 Å². The number of nitrogens with zero attached hydrogens (tertiary/aromatic N) is 3. The third-order valence-electron chi connectivity index (χ3n) is 4.09. The summed E-state index contributed by atoms with van der Waals surface area (Å²) < 4.78 is 6.96. The number of thiazole rings is 1. The highest BCUT2D eigenvalue weighted by Gasteiger charge is 2.31. The zero-order valence-electron chi connectivity index (χ0n) is 13.0. The highest BCUT2D eigenvalue weighted by Crippen LogP contribution is 2.31. The van der Waals surface area contributed by atoms with Crippen LogP contribution < -0.4 is 4.90 Å². The van der Waals surface area contributed by atoms with Crippen LogP contribution in [0.5, 0.6) is 0 Å². The molecule has 0 aliphatic carbocycles. The minimum absolute atomic E-state index is 0.0682. The van der Waals surface area contributed by atoms with Crippen molar-refractivity contribution in [1.29, 1.82) is 0 Å². The first-order valence-electron chi connectivity index (χ1n) is 7.63. The maximum Gasteiger partial charge on any atom is 0.350 e. The van der Waals surface area contributed by atoms with E-state index in [-0.39, 0.29) is 18.6 Å². The number of hydrogen-bond donors (Lipinski definition) is 0. The smallest absolute Gasteiger partial charge is 0.350 e. The molecule has 7 heteroatoms. The van der Waals surface area contributed by atoms with Gasteiger partial charge >= 0.3 is 5.97 Å². The zero-order chi connectivity index (χ0) is 16.7. The number of benzene rings is 1. The van der Waals surface area contributed by atoms with Crippen molar-refractivity contribution in [3.05, 3.63) is 53.3 Å². The molecule has 0 radical (unpaired) electrons. The molecule has 0 fully saturated rings. The fourth-order valence-corrected chi connectivity index (χ4v) is 3.87. The lowest BCUT2D eigenvalue weighted by Gasteiger charge is -2.22. The van der Waals surface area contributed by atoms with Gasteiger partial charge in [0.15, 0.2) is 11.6 Å². The monoisotopic (exact) mass is 341 g/mol. The normalized spacial score (nSPS) is 16.4. The molecule has 1 amide bonds. The standard InChI is InChI=1S/C17H15N3O3S/c1-11-8-12-4-2-3-5-13(12)20(11)15(21)10-23-16(22)14-9-19-7-6-18-17(19)24-14/h2-7,9,11H,8,10H2,1H3. The number of hydrogen-bond acceptors (Lipinski definition) is 5. The second kappa shape index (κ2) is 5.76. The van der Waals surface area contributed by atoms with Crippen LogP contribution >= 0.6 is 11.3 Å². The number of aromatic nitrogens is 2. The molecule has 122 valence electrons. The number of para-hydroxylation sites is 1. The van der Waals surface area contributed by atoms with Crippen molar-refractivity contribution in [3.8, 4) is 0 Å². The summed E-state index contributed by atoms with van der Waals surface area (Å²) in [4.78, 5) is 31.6. The van der Waals surface area contributed by atoms with E-state index in [0.717, 1.165) is 22.6 Å². The van der Waals surface area contributed by atoms with Crippen LogP contribution in [0.25, 0.3) is 4.96 Å². The quantitative estimate of drug-likeness (QED) is 0.687. The average molecular weight is 341 g/mol. The van der Waals surface area contributed by atoms with Crippen molar-refractivity contribution in [2.75, 3.05) is 11.5 Å². The molecule has 1 aliphatic heterocycles. The first-order chi connectivity index (χ1) is 11.6. The van der Waals surface area contributed by atoms with E-state index in [2.05, 4.69) is 4.98 Å². The van der Waals surface area contributed by atoms with Crippen molar-refractivity contribution in [3.63, 3.8) is 0 Å². The average Bonchev–Trinajstić information content (AvgIpc) is 3.23. The lowest BCUT2D eigenvalue weighted by Crippen LogP contribution is -2.38. The molecule has 0 N–H and O–H groups in total. The third kappa shape index (κ3) is 2.46. The molecule has 1 aliphatic rings. The number of anilines is 1. The van der Waals surface area contributed by atoms with Crippen LogP contribution in [0.3, 0.4) is 0 Å². The molecule has 0 bridgehead atoms. The van der Waals surface area contributed by atoms with Gasteiger partial charge in [-0.25, -0.2) is 9.78 Å². The topological polar surface area (TPSA) is 63.9 Å². The molecule has 24 heavy (non-hydrogen) atoms. The maximum atomic E-state index is 12.5. The number of imidazole rings is 1. The summed E-state index contributed by atoms with van der Waals surface area (Å²) in [5, 5.41) is 0. The van der Waals surface area contributed by atoms with Gasteiger partial charge in [-0.05, 0) is 25.0 Å². The Labute approximate surface area is 142 Å². The van der Waals surface area contributed by atoms with E-state index < -0.39 is 5.97 Å². The van der Waals surface area contributed by atoms with E-state index >= 15 is 0 Å². The van der Waals surface area contributed by atoms with E-state index in [4.69, 9.17) is 4.74 Å². The molecule has 6 nitrogen and oxygen atoms in total. The Kier molecular flexibility index (Phi) is 3.57. The molecule has 1 aromatic carbocycles. The van der Waals surface area contributed by atoms with Crippen LogP contribution in [0.4, 0.5) is 5.69 Å². The van der Waals surface area contributed by atoms with Gasteiger partial charge in [0.25, 0.3) is 5.91 Å². The fourth-order valence-electron chi connectivity index (χ4n) is 3.04. The molecule has 1 unspecified atom stereocenters. The van der Waals surface area contributed by atoms with Gasteiger partial charge < -0.3 is 9.64 Å². The lowest BCUT2D eigenvalue weighted by molar-refractivity contribution is -0.122. The number of carbonyl (C=O) groups excluding carboxylic acids is 2. The van der Waals surface area contributed by atoms with Gasteiger partial charge in [-0.2, -0.15) is 0 Å². The number of fused-ring (bicyclic) bond motifs is 2. The zero-order valence-corrected chi connectivity index (χ0v) is 13.8. The van der Waals surface area contributed by atoms with Gasteiger partial charge in [-0.15, -0.1) is 0 Å². The van der Waals surface area contributed by atoms with E-state index in [9.17, 15) is 9.59 Å². The largest absolute Gasteiger partial charge is 0.451 e. The first-order valence-corrected chi connectivity index (χ1v) is 8.45. The van der Waals surface area contributed by atoms with Crippen molar-refractivity contribution in [2.24, 2.45) is 0 Å². The summed E-state index contributed by atoms with van der Waals surface area (Å²) in [6.07, 6.45) is 5.90. The van der Waals surface area contributed by atoms with Crippen LogP contribution in [-0.2, 0) is 16.0 Å². The van der Waals surface area contributed by atoms with Gasteiger partial charge in [0, 0.05) is 30.3 Å². The number of ether oxygens (including phenoxy) is 1. The molecule has 2 aromatic heterocycles. The summed E-state index contributed by atoms with van der Waals surface area (Å²) in [6, 6.07) is 7.88. The lowest BCUT2D eigenvalue weighted by atomic mass is 10.1. The van der Waals surface area contributed by atoms with Gasteiger partial charge in [-0.3, -0.25) is 9.20 Å². The molecule has 0 saturated heterocycles. The van der Waals surface area contributed by atoms with Crippen molar-refractivity contribution in [2.45, 2.75) is 19.4 Å². The molecule has 3 aromatic rings. The minimum Gasteiger partial charge on any atom is -0.451 e. The number of rotatable bonds is 3. The van der Waals surface area contributed by atoms with Crippen LogP contribution in [0.2, 0.25) is 0 Å². The predicted octanol–water partition coefficient (Wildman–Crippen LogP) is 2.53. The second-order valence-electron chi connectivity index (χ2n) is 5.73. The Bertz CT molecular complexity index is 901. The molecular weight excluding hydrogens is 326 g/mol. The molecular formula is C17H15N3O3S. The van der Waals surface area contributed by atoms with Crippen LogP contribution in [-0.4, -0.2) is 33.9 Å². The van der Waals surface area contributed by atoms with E-state index in [1.165, 1.54) is 11.3 Å². The Morgan fingerprint density at radius 3 is 3.04 bits per heavy atom. The summed E-state index contributed by atoms with van der Waals surface area (Å²) in [5.41, 5.74) is 2.05. The Morgan fingerprint density at radius 2 is 2.21 bits per heavy atom. The van der Waals surface area contributed by atoms with Gasteiger partial charge in [0.2, 0.25) is 0 Å². The SMILES string of the molecule is CC1Cc2ccccc2N1C(=O)COC(=O)c1cn2ccnc2s1. The summed E-state index contributed by atoms with van der Waals surface area (Å²) in [7, 11) is 0. The fraction of sp³-hybridized carbons (Fsp3) is 0.235. The summed E-state index contributed by atoms with van der Waals surface area (Å²) in [6.45, 7) is 1.73. The highest BCUT2D eigenvalue weighted by atomic mass is 32.1. The van der Waals surface area contributed by atoms with Crippen LogP contribution in [0, 0.1) is 0 Å². The Morgan fingerprint density at radius 1 is 1.38 bits per heavy atom. The maximum absolute atomic E-state index is 12.5. The molecule has 0 spiro atoms. The first kappa shape index (κ1) is 14.9. The van der Waals surface area contributed by atoms with Gasteiger partial charge in [0.1, 0.15) is 4.88 Å². The van der Waals surface area contributed by atoms with Gasteiger partial charge in [0.05, 0.1) is 0 Å². The Balaban J connectivity index is 1.45. The molecule has 1 atom stereocenters. The highest BCUT2D eigenvalue weighted by molar-refractivity contribution is 7.18. The van der Waals surface area contributed by atoms with E-state index in [1.807, 2.05) is 31.2 Å². The van der Waals surface area contributed by atoms with Crippen LogP contribution in [0.15, 0.2) is 42.9 Å². The van der Waals surface area contributed by atoms with E-state index in [1.54, 1.807) is 27.9 Å². The number of carbonyl (C=O) groups is 2. The Hall–Kier alpha value is -2.67. The predicted molar refractivity (Wildman–Crippen MR) is 90.4 cm³/mol. The second-order valence-corrected chi connectivity index (χ2v) is 6.74. The molecule has 3 heterocycles. The summed E-state index contributed by atoms with van der Waals surface area (Å²) in [5.74, 6) is -0.707. The van der Waals surface area contributed by atoms with Crippen molar-refractivity contribution < 1.29 is 14.3 Å².